The second-order valence-electron chi connectivity index (χ2n) is 9.07. The summed E-state index contributed by atoms with van der Waals surface area (Å²) in [6, 6.07) is 9.68. The summed E-state index contributed by atoms with van der Waals surface area (Å²) in [5.41, 5.74) is 1.28. The van der Waals surface area contributed by atoms with Crippen molar-refractivity contribution in [1.29, 1.82) is 0 Å². The molecule has 38 heavy (non-hydrogen) atoms. The number of hydrogen-bond acceptors (Lipinski definition) is 5. The van der Waals surface area contributed by atoms with Crippen molar-refractivity contribution in [1.82, 2.24) is 14.9 Å². The molecule has 4 aromatic rings. The van der Waals surface area contributed by atoms with Crippen molar-refractivity contribution in [3.05, 3.63) is 82.4 Å². The molecule has 1 saturated heterocycles. The van der Waals surface area contributed by atoms with E-state index in [1.807, 2.05) is 11.8 Å². The third-order valence-electron chi connectivity index (χ3n) is 6.75. The van der Waals surface area contributed by atoms with E-state index in [1.165, 1.54) is 18.6 Å². The lowest BCUT2D eigenvalue weighted by Crippen LogP contribution is -2.52. The number of piperazine rings is 1. The van der Waals surface area contributed by atoms with Gasteiger partial charge in [-0.1, -0.05) is 29.8 Å². The minimum atomic E-state index is -1.80. The molecule has 1 aliphatic heterocycles. The zero-order valence-corrected chi connectivity index (χ0v) is 22.0. The third kappa shape index (κ3) is 4.69. The summed E-state index contributed by atoms with van der Waals surface area (Å²) in [5, 5.41) is 1.04. The van der Waals surface area contributed by atoms with Crippen LogP contribution in [-0.2, 0) is 6.54 Å². The Morgan fingerprint density at radius 3 is 2.39 bits per heavy atom. The molecule has 0 spiro atoms. The van der Waals surface area contributed by atoms with E-state index in [1.54, 1.807) is 30.3 Å². The lowest BCUT2D eigenvalue weighted by atomic mass is 10.0. The minimum Gasteiger partial charge on any atom is -0.351 e. The number of benzene rings is 3. The van der Waals surface area contributed by atoms with Gasteiger partial charge >= 0.3 is 0 Å². The van der Waals surface area contributed by atoms with Crippen molar-refractivity contribution < 1.29 is 22.0 Å². The summed E-state index contributed by atoms with van der Waals surface area (Å²) in [4.78, 5) is 12.5. The van der Waals surface area contributed by atoms with E-state index in [0.717, 1.165) is 11.8 Å². The van der Waals surface area contributed by atoms with E-state index < -0.39 is 29.1 Å². The summed E-state index contributed by atoms with van der Waals surface area (Å²) in [6.07, 6.45) is 2.92. The molecule has 1 fully saturated rings. The highest BCUT2D eigenvalue weighted by atomic mass is 35.5. The van der Waals surface area contributed by atoms with Gasteiger partial charge in [-0.15, -0.1) is 11.8 Å². The Balaban J connectivity index is 1.42. The number of aromatic nitrogens is 2. The molecule has 0 aliphatic carbocycles. The lowest BCUT2D eigenvalue weighted by molar-refractivity contribution is 0.214. The molecular weight excluding hydrogens is 543 g/mol. The fourth-order valence-electron chi connectivity index (χ4n) is 4.90. The Morgan fingerprint density at radius 1 is 0.947 bits per heavy atom. The molecule has 198 valence electrons. The number of thioether (sulfide) groups is 1. The van der Waals surface area contributed by atoms with E-state index in [4.69, 9.17) is 11.6 Å². The molecule has 1 aliphatic rings. The highest BCUT2D eigenvalue weighted by Crippen LogP contribution is 2.37. The van der Waals surface area contributed by atoms with Gasteiger partial charge in [-0.2, -0.15) is 0 Å². The maximum absolute atomic E-state index is 14.6. The van der Waals surface area contributed by atoms with Crippen molar-refractivity contribution in [3.8, 4) is 11.1 Å². The fourth-order valence-corrected chi connectivity index (χ4v) is 5.84. The van der Waals surface area contributed by atoms with Gasteiger partial charge in [-0.3, -0.25) is 4.90 Å². The van der Waals surface area contributed by atoms with Crippen LogP contribution in [0.1, 0.15) is 12.5 Å². The third-order valence-corrected chi connectivity index (χ3v) is 7.90. The Morgan fingerprint density at radius 2 is 1.68 bits per heavy atom. The van der Waals surface area contributed by atoms with Crippen molar-refractivity contribution in [3.63, 3.8) is 0 Å². The van der Waals surface area contributed by atoms with Gasteiger partial charge in [0.25, 0.3) is 0 Å². The minimum absolute atomic E-state index is 0.0728. The van der Waals surface area contributed by atoms with Gasteiger partial charge in [-0.25, -0.2) is 31.9 Å². The highest BCUT2D eigenvalue weighted by Gasteiger charge is 2.30. The highest BCUT2D eigenvalue weighted by molar-refractivity contribution is 7.98. The number of halogens is 6. The molecule has 0 radical (unpaired) electrons. The molecule has 0 unspecified atom stereocenters. The number of anilines is 1. The van der Waals surface area contributed by atoms with Gasteiger partial charge in [0.05, 0.1) is 10.4 Å². The van der Waals surface area contributed by atoms with Crippen molar-refractivity contribution in [2.75, 3.05) is 30.8 Å². The molecular formula is C27H22ClF5N4S. The Hall–Kier alpha value is -2.95. The molecule has 1 aromatic heterocycles. The maximum atomic E-state index is 14.6. The average molecular weight is 565 g/mol. The maximum Gasteiger partial charge on any atom is 0.198 e. The largest absolute Gasteiger partial charge is 0.351 e. The van der Waals surface area contributed by atoms with Crippen molar-refractivity contribution >= 4 is 40.1 Å². The van der Waals surface area contributed by atoms with Crippen LogP contribution in [0.4, 0.5) is 27.8 Å². The number of nitrogens with zero attached hydrogens (tertiary/aromatic N) is 4. The van der Waals surface area contributed by atoms with Crippen LogP contribution >= 0.6 is 23.4 Å². The quantitative estimate of drug-likeness (QED) is 0.112. The second kappa shape index (κ2) is 10.7. The number of rotatable bonds is 5. The first-order chi connectivity index (χ1) is 18.2. The molecule has 2 heterocycles. The SMILES string of the molecule is CSc1c(F)c(F)c(F)c(F)c1CN1CCN(c2ncnc3cc(-c4ccccc4F)c(Cl)cc23)[C@@H](C)C1. The number of hydrogen-bond donors (Lipinski definition) is 0. The van der Waals surface area contributed by atoms with E-state index >= 15 is 0 Å². The van der Waals surface area contributed by atoms with Gasteiger partial charge in [0.15, 0.2) is 23.3 Å². The van der Waals surface area contributed by atoms with Crippen LogP contribution in [0.2, 0.25) is 5.02 Å². The van der Waals surface area contributed by atoms with Crippen LogP contribution in [-0.4, -0.2) is 46.8 Å². The smallest absolute Gasteiger partial charge is 0.198 e. The molecule has 0 N–H and O–H groups in total. The van der Waals surface area contributed by atoms with Crippen LogP contribution in [0.15, 0.2) is 47.6 Å². The van der Waals surface area contributed by atoms with E-state index in [2.05, 4.69) is 14.9 Å². The monoisotopic (exact) mass is 564 g/mol. The first-order valence-electron chi connectivity index (χ1n) is 11.8. The van der Waals surface area contributed by atoms with Crippen molar-refractivity contribution in [2.24, 2.45) is 0 Å². The Labute approximate surface area is 225 Å². The van der Waals surface area contributed by atoms with Gasteiger partial charge in [0.2, 0.25) is 0 Å². The molecule has 11 heteroatoms. The predicted molar refractivity (Wildman–Crippen MR) is 140 cm³/mol. The Kier molecular flexibility index (Phi) is 7.48. The van der Waals surface area contributed by atoms with Crippen molar-refractivity contribution in [2.45, 2.75) is 24.4 Å². The zero-order chi connectivity index (χ0) is 27.1. The molecule has 0 amide bonds. The van der Waals surface area contributed by atoms with Crippen LogP contribution in [0.3, 0.4) is 0 Å². The van der Waals surface area contributed by atoms with Gasteiger partial charge in [0, 0.05) is 59.3 Å². The fraction of sp³-hybridized carbons (Fsp3) is 0.259. The molecule has 3 aromatic carbocycles. The summed E-state index contributed by atoms with van der Waals surface area (Å²) in [6.45, 7) is 3.22. The molecule has 4 nitrogen and oxygen atoms in total. The lowest BCUT2D eigenvalue weighted by Gasteiger charge is -2.41. The first-order valence-corrected chi connectivity index (χ1v) is 13.4. The molecule has 0 saturated carbocycles. The molecule has 5 rings (SSSR count). The normalized spacial score (nSPS) is 16.4. The topological polar surface area (TPSA) is 32.3 Å². The van der Waals surface area contributed by atoms with Gasteiger partial charge in [0.1, 0.15) is 18.0 Å². The van der Waals surface area contributed by atoms with E-state index in [9.17, 15) is 22.0 Å². The van der Waals surface area contributed by atoms with Crippen LogP contribution in [0, 0.1) is 29.1 Å². The zero-order valence-electron chi connectivity index (χ0n) is 20.4. The second-order valence-corrected chi connectivity index (χ2v) is 10.3. The summed E-state index contributed by atoms with van der Waals surface area (Å²) in [5.74, 6) is -6.11. The standard InChI is InChI=1S/C27H22ClF5N4S/c1-14-11-36(12-18-22(30)23(31)24(32)25(33)26(18)38-2)7-8-37(14)27-17-9-19(28)16(10-21(17)34-13-35-27)15-5-3-4-6-20(15)29/h3-6,9-10,13-14H,7-8,11-12H2,1-2H3/t14-/m0/s1. The van der Waals surface area contributed by atoms with Gasteiger partial charge < -0.3 is 4.90 Å². The van der Waals surface area contributed by atoms with E-state index in [0.29, 0.717) is 52.5 Å². The van der Waals surface area contributed by atoms with Gasteiger partial charge in [-0.05, 0) is 31.4 Å². The summed E-state index contributed by atoms with van der Waals surface area (Å²) < 4.78 is 71.0. The van der Waals surface area contributed by atoms with Crippen LogP contribution in [0.5, 0.6) is 0 Å². The van der Waals surface area contributed by atoms with Crippen LogP contribution < -0.4 is 4.90 Å². The Bertz CT molecular complexity index is 1540. The molecule has 0 bridgehead atoms. The van der Waals surface area contributed by atoms with Crippen LogP contribution in [0.25, 0.3) is 22.0 Å². The van der Waals surface area contributed by atoms with E-state index in [-0.39, 0.29) is 23.0 Å². The summed E-state index contributed by atoms with van der Waals surface area (Å²) in [7, 11) is 0. The number of fused-ring (bicyclic) bond motifs is 1. The first kappa shape index (κ1) is 26.6. The average Bonchev–Trinajstić information content (AvgIpc) is 2.91. The summed E-state index contributed by atoms with van der Waals surface area (Å²) >= 11 is 7.41. The molecule has 1 atom stereocenters. The predicted octanol–water partition coefficient (Wildman–Crippen LogP) is 7.08.